The van der Waals surface area contributed by atoms with E-state index in [1.165, 1.54) is 11.1 Å². The van der Waals surface area contributed by atoms with Crippen LogP contribution < -0.4 is 10.6 Å². The number of hydrogen-bond donors (Lipinski definition) is 2. The van der Waals surface area contributed by atoms with Gasteiger partial charge in [0.15, 0.2) is 0 Å². The first-order valence-electron chi connectivity index (χ1n) is 9.55. The fraction of sp³-hybridized carbons (Fsp3) is 0.600. The molecule has 6 nitrogen and oxygen atoms in total. The van der Waals surface area contributed by atoms with Gasteiger partial charge < -0.3 is 10.6 Å². The maximum Gasteiger partial charge on any atom is 0.239 e. The zero-order valence-corrected chi connectivity index (χ0v) is 16.3. The van der Waals surface area contributed by atoms with Gasteiger partial charge in [-0.3, -0.25) is 19.4 Å². The summed E-state index contributed by atoms with van der Waals surface area (Å²) in [5, 5.41) is 5.34. The smallest absolute Gasteiger partial charge is 0.239 e. The van der Waals surface area contributed by atoms with Crippen LogP contribution in [0.2, 0.25) is 0 Å². The SMILES string of the molecule is CCNC(=O)CNC(=O)CN1CCN(Cc2ccc(C(C)C)cc2)CC1. The largest absolute Gasteiger partial charge is 0.355 e. The summed E-state index contributed by atoms with van der Waals surface area (Å²) in [5.41, 5.74) is 2.71. The number of nitrogens with zero attached hydrogens (tertiary/aromatic N) is 2. The Morgan fingerprint density at radius 2 is 1.58 bits per heavy atom. The molecule has 26 heavy (non-hydrogen) atoms. The Balaban J connectivity index is 1.68. The second-order valence-corrected chi connectivity index (χ2v) is 7.18. The summed E-state index contributed by atoms with van der Waals surface area (Å²) >= 11 is 0. The normalized spacial score (nSPS) is 15.8. The molecule has 0 radical (unpaired) electrons. The highest BCUT2D eigenvalue weighted by Crippen LogP contribution is 2.16. The van der Waals surface area contributed by atoms with Crippen molar-refractivity contribution in [1.82, 2.24) is 20.4 Å². The van der Waals surface area contributed by atoms with E-state index in [1.54, 1.807) is 0 Å². The molecule has 1 aromatic rings. The summed E-state index contributed by atoms with van der Waals surface area (Å²) in [6, 6.07) is 8.87. The summed E-state index contributed by atoms with van der Waals surface area (Å²) < 4.78 is 0. The Labute approximate surface area is 156 Å². The van der Waals surface area contributed by atoms with Crippen LogP contribution in [0, 0.1) is 0 Å². The van der Waals surface area contributed by atoms with E-state index in [1.807, 2.05) is 6.92 Å². The molecule has 6 heteroatoms. The molecule has 0 saturated carbocycles. The molecule has 1 fully saturated rings. The quantitative estimate of drug-likeness (QED) is 0.731. The van der Waals surface area contributed by atoms with E-state index in [-0.39, 0.29) is 18.4 Å². The molecular weight excluding hydrogens is 328 g/mol. The highest BCUT2D eigenvalue weighted by atomic mass is 16.2. The molecule has 2 N–H and O–H groups in total. The Bertz CT molecular complexity index is 578. The standard InChI is InChI=1S/C20H32N4O2/c1-4-21-19(25)13-22-20(26)15-24-11-9-23(10-12-24)14-17-5-7-18(8-6-17)16(2)3/h5-8,16H,4,9-15H2,1-3H3,(H,21,25)(H,22,26). The maximum absolute atomic E-state index is 11.9. The van der Waals surface area contributed by atoms with Gasteiger partial charge in [0.05, 0.1) is 13.1 Å². The van der Waals surface area contributed by atoms with Crippen LogP contribution in [0.25, 0.3) is 0 Å². The Kier molecular flexibility index (Phi) is 8.06. The molecule has 0 spiro atoms. The van der Waals surface area contributed by atoms with Crippen molar-refractivity contribution >= 4 is 11.8 Å². The third kappa shape index (κ3) is 6.77. The van der Waals surface area contributed by atoms with Crippen molar-refractivity contribution < 1.29 is 9.59 Å². The number of piperazine rings is 1. The van der Waals surface area contributed by atoms with Crippen molar-refractivity contribution in [1.29, 1.82) is 0 Å². The third-order valence-electron chi connectivity index (χ3n) is 4.70. The number of hydrogen-bond acceptors (Lipinski definition) is 4. The van der Waals surface area contributed by atoms with Crippen LogP contribution in [0.15, 0.2) is 24.3 Å². The summed E-state index contributed by atoms with van der Waals surface area (Å²) in [7, 11) is 0. The molecule has 1 aromatic carbocycles. The number of nitrogens with one attached hydrogen (secondary N) is 2. The van der Waals surface area contributed by atoms with Crippen molar-refractivity contribution in [2.45, 2.75) is 33.2 Å². The molecule has 144 valence electrons. The molecular formula is C20H32N4O2. The molecule has 1 aliphatic heterocycles. The van der Waals surface area contributed by atoms with E-state index >= 15 is 0 Å². The molecule has 0 bridgehead atoms. The number of likely N-dealkylation sites (N-methyl/N-ethyl adjacent to an activating group) is 1. The highest BCUT2D eigenvalue weighted by Gasteiger charge is 2.19. The minimum atomic E-state index is -0.144. The van der Waals surface area contributed by atoms with Crippen LogP contribution in [0.4, 0.5) is 0 Å². The van der Waals surface area contributed by atoms with Crippen LogP contribution in [-0.2, 0) is 16.1 Å². The number of carbonyl (C=O) groups excluding carboxylic acids is 2. The maximum atomic E-state index is 11.9. The van der Waals surface area contributed by atoms with Gasteiger partial charge in [0, 0.05) is 39.3 Å². The van der Waals surface area contributed by atoms with E-state index < -0.39 is 0 Å². The molecule has 0 aromatic heterocycles. The van der Waals surface area contributed by atoms with Crippen molar-refractivity contribution in [2.75, 3.05) is 45.8 Å². The summed E-state index contributed by atoms with van der Waals surface area (Å²) in [5.74, 6) is 0.329. The van der Waals surface area contributed by atoms with Gasteiger partial charge in [-0.25, -0.2) is 0 Å². The van der Waals surface area contributed by atoms with Crippen LogP contribution >= 0.6 is 0 Å². The number of benzene rings is 1. The summed E-state index contributed by atoms with van der Waals surface area (Å²) in [6.07, 6.45) is 0. The lowest BCUT2D eigenvalue weighted by molar-refractivity contribution is -0.127. The average molecular weight is 361 g/mol. The molecule has 0 aliphatic carbocycles. The van der Waals surface area contributed by atoms with E-state index in [0.29, 0.717) is 19.0 Å². The zero-order chi connectivity index (χ0) is 18.9. The van der Waals surface area contributed by atoms with E-state index in [2.05, 4.69) is 58.5 Å². The van der Waals surface area contributed by atoms with Crippen molar-refractivity contribution in [3.63, 3.8) is 0 Å². The third-order valence-corrected chi connectivity index (χ3v) is 4.70. The average Bonchev–Trinajstić information content (AvgIpc) is 2.62. The molecule has 1 heterocycles. The fourth-order valence-corrected chi connectivity index (χ4v) is 3.07. The predicted octanol–water partition coefficient (Wildman–Crippen LogP) is 1.18. The van der Waals surface area contributed by atoms with Gasteiger partial charge in [-0.05, 0) is 24.0 Å². The van der Waals surface area contributed by atoms with E-state index in [0.717, 1.165) is 32.7 Å². The minimum Gasteiger partial charge on any atom is -0.355 e. The zero-order valence-electron chi connectivity index (χ0n) is 16.3. The first kappa shape index (κ1) is 20.4. The van der Waals surface area contributed by atoms with Crippen molar-refractivity contribution in [3.8, 4) is 0 Å². The van der Waals surface area contributed by atoms with E-state index in [4.69, 9.17) is 0 Å². The Morgan fingerprint density at radius 3 is 2.15 bits per heavy atom. The second-order valence-electron chi connectivity index (χ2n) is 7.18. The fourth-order valence-electron chi connectivity index (χ4n) is 3.07. The van der Waals surface area contributed by atoms with Gasteiger partial charge in [0.25, 0.3) is 0 Å². The number of rotatable bonds is 8. The van der Waals surface area contributed by atoms with E-state index in [9.17, 15) is 9.59 Å². The molecule has 1 aliphatic rings. The van der Waals surface area contributed by atoms with Gasteiger partial charge in [-0.2, -0.15) is 0 Å². The highest BCUT2D eigenvalue weighted by molar-refractivity contribution is 5.85. The topological polar surface area (TPSA) is 64.7 Å². The molecule has 2 amide bonds. The van der Waals surface area contributed by atoms with Crippen LogP contribution in [-0.4, -0.2) is 67.4 Å². The number of carbonyl (C=O) groups is 2. The van der Waals surface area contributed by atoms with Crippen LogP contribution in [0.3, 0.4) is 0 Å². The Hall–Kier alpha value is -1.92. The summed E-state index contributed by atoms with van der Waals surface area (Å²) in [4.78, 5) is 27.9. The van der Waals surface area contributed by atoms with Crippen molar-refractivity contribution in [2.24, 2.45) is 0 Å². The van der Waals surface area contributed by atoms with Gasteiger partial charge in [0.2, 0.25) is 11.8 Å². The van der Waals surface area contributed by atoms with Crippen LogP contribution in [0.5, 0.6) is 0 Å². The van der Waals surface area contributed by atoms with Crippen LogP contribution in [0.1, 0.15) is 37.8 Å². The monoisotopic (exact) mass is 360 g/mol. The lowest BCUT2D eigenvalue weighted by Crippen LogP contribution is -2.49. The molecule has 0 atom stereocenters. The number of amides is 2. The van der Waals surface area contributed by atoms with Gasteiger partial charge in [-0.15, -0.1) is 0 Å². The minimum absolute atomic E-state index is 0.0546. The Morgan fingerprint density at radius 1 is 0.962 bits per heavy atom. The second kappa shape index (κ2) is 10.3. The van der Waals surface area contributed by atoms with Gasteiger partial charge >= 0.3 is 0 Å². The predicted molar refractivity (Wildman–Crippen MR) is 104 cm³/mol. The lowest BCUT2D eigenvalue weighted by atomic mass is 10.0. The van der Waals surface area contributed by atoms with Crippen molar-refractivity contribution in [3.05, 3.63) is 35.4 Å². The lowest BCUT2D eigenvalue weighted by Gasteiger charge is -2.34. The molecule has 2 rings (SSSR count). The first-order chi connectivity index (χ1) is 12.5. The summed E-state index contributed by atoms with van der Waals surface area (Å²) in [6.45, 7) is 11.9. The first-order valence-corrected chi connectivity index (χ1v) is 9.55. The molecule has 0 unspecified atom stereocenters. The van der Waals surface area contributed by atoms with Gasteiger partial charge in [-0.1, -0.05) is 38.1 Å². The van der Waals surface area contributed by atoms with Gasteiger partial charge in [0.1, 0.15) is 0 Å². The molecule has 1 saturated heterocycles.